The summed E-state index contributed by atoms with van der Waals surface area (Å²) in [5.74, 6) is -0.981. The second-order valence-electron chi connectivity index (χ2n) is 5.18. The Labute approximate surface area is 125 Å². The molecule has 0 aromatic heterocycles. The lowest BCUT2D eigenvalue weighted by atomic mass is 9.90. The van der Waals surface area contributed by atoms with E-state index < -0.39 is 5.75 Å². The molecule has 0 bridgehead atoms. The van der Waals surface area contributed by atoms with Gasteiger partial charge >= 0.3 is 0 Å². The molecule has 0 amide bonds. The molecule has 0 atom stereocenters. The van der Waals surface area contributed by atoms with E-state index >= 15 is 0 Å². The first-order valence-electron chi connectivity index (χ1n) is 7.42. The first-order chi connectivity index (χ1) is 10.0. The molecule has 0 radical (unpaired) electrons. The smallest absolute Gasteiger partial charge is 0.200 e. The molecule has 0 saturated heterocycles. The summed E-state index contributed by atoms with van der Waals surface area (Å²) in [7, 11) is 0. The molecule has 0 fully saturated rings. The summed E-state index contributed by atoms with van der Waals surface area (Å²) in [6, 6.07) is 7.69. The van der Waals surface area contributed by atoms with Gasteiger partial charge in [-0.05, 0) is 47.6 Å². The molecule has 0 aliphatic heterocycles. The molecule has 2 aromatic rings. The highest BCUT2D eigenvalue weighted by Crippen LogP contribution is 2.46. The molecule has 0 aliphatic carbocycles. The van der Waals surface area contributed by atoms with Gasteiger partial charge in [-0.2, -0.15) is 0 Å². The van der Waals surface area contributed by atoms with Crippen molar-refractivity contribution >= 4 is 0 Å². The van der Waals surface area contributed by atoms with Gasteiger partial charge in [0.1, 0.15) is 0 Å². The fourth-order valence-corrected chi connectivity index (χ4v) is 2.68. The van der Waals surface area contributed by atoms with E-state index in [9.17, 15) is 15.3 Å². The topological polar surface area (TPSA) is 60.7 Å². The van der Waals surface area contributed by atoms with E-state index in [0.29, 0.717) is 12.0 Å². The molecule has 0 aliphatic rings. The van der Waals surface area contributed by atoms with Crippen molar-refractivity contribution in [2.24, 2.45) is 0 Å². The fraction of sp³-hybridized carbons (Fsp3) is 0.333. The van der Waals surface area contributed by atoms with Gasteiger partial charge in [-0.15, -0.1) is 0 Å². The van der Waals surface area contributed by atoms with Crippen molar-refractivity contribution in [3.63, 3.8) is 0 Å². The molecular weight excluding hydrogens is 264 g/mol. The molecule has 3 N–H and O–H groups in total. The molecule has 112 valence electrons. The normalized spacial score (nSPS) is 10.8. The molecule has 2 aromatic carbocycles. The van der Waals surface area contributed by atoms with E-state index in [2.05, 4.69) is 19.9 Å². The van der Waals surface area contributed by atoms with Crippen molar-refractivity contribution in [3.05, 3.63) is 41.0 Å². The average molecular weight is 286 g/mol. The molecular formula is C18H22O3. The summed E-state index contributed by atoms with van der Waals surface area (Å²) in [6.45, 7) is 6.14. The minimum atomic E-state index is -0.455. The molecule has 0 heterocycles. The summed E-state index contributed by atoms with van der Waals surface area (Å²) in [4.78, 5) is 0. The minimum absolute atomic E-state index is 0.245. The maximum atomic E-state index is 10.3. The van der Waals surface area contributed by atoms with Crippen LogP contribution in [-0.4, -0.2) is 15.3 Å². The summed E-state index contributed by atoms with van der Waals surface area (Å²) in [5.41, 5.74) is 4.73. The fourth-order valence-electron chi connectivity index (χ4n) is 2.68. The molecule has 0 saturated carbocycles. The second kappa shape index (κ2) is 6.08. The van der Waals surface area contributed by atoms with Gasteiger partial charge in [0, 0.05) is 5.56 Å². The largest absolute Gasteiger partial charge is 0.504 e. The Morgan fingerprint density at radius 1 is 0.762 bits per heavy atom. The van der Waals surface area contributed by atoms with Gasteiger partial charge in [0.2, 0.25) is 5.75 Å². The predicted octanol–water partition coefficient (Wildman–Crippen LogP) is 4.16. The van der Waals surface area contributed by atoms with Crippen LogP contribution in [-0.2, 0) is 19.3 Å². The van der Waals surface area contributed by atoms with Crippen LogP contribution < -0.4 is 0 Å². The van der Waals surface area contributed by atoms with E-state index in [0.717, 1.165) is 29.5 Å². The summed E-state index contributed by atoms with van der Waals surface area (Å²) in [6.07, 6.45) is 2.46. The van der Waals surface area contributed by atoms with Crippen LogP contribution in [0.25, 0.3) is 11.1 Å². The van der Waals surface area contributed by atoms with E-state index in [1.165, 1.54) is 11.6 Å². The second-order valence-corrected chi connectivity index (χ2v) is 5.18. The van der Waals surface area contributed by atoms with Crippen LogP contribution in [0.5, 0.6) is 17.2 Å². The zero-order chi connectivity index (χ0) is 15.6. The van der Waals surface area contributed by atoms with Crippen molar-refractivity contribution < 1.29 is 15.3 Å². The van der Waals surface area contributed by atoms with Crippen molar-refractivity contribution in [3.8, 4) is 28.4 Å². The van der Waals surface area contributed by atoms with Crippen LogP contribution in [0.1, 0.15) is 37.5 Å². The maximum absolute atomic E-state index is 10.3. The third kappa shape index (κ3) is 2.68. The molecule has 2 rings (SSSR count). The Hall–Kier alpha value is -2.16. The van der Waals surface area contributed by atoms with Gasteiger partial charge in [-0.3, -0.25) is 0 Å². The molecule has 3 heteroatoms. The quantitative estimate of drug-likeness (QED) is 0.740. The zero-order valence-electron chi connectivity index (χ0n) is 12.8. The third-order valence-corrected chi connectivity index (χ3v) is 3.94. The van der Waals surface area contributed by atoms with Crippen molar-refractivity contribution in [1.29, 1.82) is 0 Å². The van der Waals surface area contributed by atoms with Gasteiger partial charge in [0.05, 0.1) is 0 Å². The van der Waals surface area contributed by atoms with Crippen molar-refractivity contribution in [1.82, 2.24) is 0 Å². The minimum Gasteiger partial charge on any atom is -0.504 e. The third-order valence-electron chi connectivity index (χ3n) is 3.94. The molecule has 0 unspecified atom stereocenters. The molecule has 3 nitrogen and oxygen atoms in total. The Morgan fingerprint density at radius 3 is 2.00 bits per heavy atom. The SMILES string of the molecule is CCc1ccc(-c2c(CC)cc(O)c(O)c2O)c(CC)c1. The van der Waals surface area contributed by atoms with Gasteiger partial charge in [0.25, 0.3) is 0 Å². The van der Waals surface area contributed by atoms with E-state index in [1.807, 2.05) is 19.1 Å². The highest BCUT2D eigenvalue weighted by Gasteiger charge is 2.19. The first-order valence-corrected chi connectivity index (χ1v) is 7.42. The van der Waals surface area contributed by atoms with Crippen LogP contribution in [0.3, 0.4) is 0 Å². The highest BCUT2D eigenvalue weighted by molar-refractivity contribution is 5.81. The van der Waals surface area contributed by atoms with Crippen LogP contribution in [0.4, 0.5) is 0 Å². The summed E-state index contributed by atoms with van der Waals surface area (Å²) < 4.78 is 0. The Bertz CT molecular complexity index is 660. The monoisotopic (exact) mass is 286 g/mol. The Balaban J connectivity index is 2.74. The average Bonchev–Trinajstić information content (AvgIpc) is 2.51. The number of hydrogen-bond donors (Lipinski definition) is 3. The number of benzene rings is 2. The van der Waals surface area contributed by atoms with Crippen molar-refractivity contribution in [2.75, 3.05) is 0 Å². The van der Waals surface area contributed by atoms with Gasteiger partial charge in [-0.1, -0.05) is 39.0 Å². The van der Waals surface area contributed by atoms with Gasteiger partial charge in [-0.25, -0.2) is 0 Å². The summed E-state index contributed by atoms with van der Waals surface area (Å²) >= 11 is 0. The first kappa shape index (κ1) is 15.2. The predicted molar refractivity (Wildman–Crippen MR) is 85.0 cm³/mol. The number of hydrogen-bond acceptors (Lipinski definition) is 3. The number of rotatable bonds is 4. The number of aryl methyl sites for hydroxylation is 3. The lowest BCUT2D eigenvalue weighted by Gasteiger charge is -2.17. The van der Waals surface area contributed by atoms with Crippen LogP contribution in [0.2, 0.25) is 0 Å². The Kier molecular flexibility index (Phi) is 4.41. The van der Waals surface area contributed by atoms with Crippen LogP contribution in [0.15, 0.2) is 24.3 Å². The number of phenols is 3. The molecule has 0 spiro atoms. The maximum Gasteiger partial charge on any atom is 0.200 e. The van der Waals surface area contributed by atoms with E-state index in [1.54, 1.807) is 0 Å². The number of phenolic OH excluding ortho intramolecular Hbond substituents is 3. The zero-order valence-corrected chi connectivity index (χ0v) is 12.8. The number of aromatic hydroxyl groups is 3. The van der Waals surface area contributed by atoms with Gasteiger partial charge < -0.3 is 15.3 Å². The molecule has 21 heavy (non-hydrogen) atoms. The van der Waals surface area contributed by atoms with Crippen molar-refractivity contribution in [2.45, 2.75) is 40.0 Å². The summed E-state index contributed by atoms with van der Waals surface area (Å²) in [5, 5.41) is 29.8. The lowest BCUT2D eigenvalue weighted by Crippen LogP contribution is -1.95. The standard InChI is InChI=1S/C18H22O3/c1-4-11-7-8-14(12(5-2)9-11)16-13(6-3)10-15(19)17(20)18(16)21/h7-10,19-21H,4-6H2,1-3H3. The van der Waals surface area contributed by atoms with Crippen LogP contribution >= 0.6 is 0 Å². The van der Waals surface area contributed by atoms with E-state index in [4.69, 9.17) is 0 Å². The van der Waals surface area contributed by atoms with Gasteiger partial charge in [0.15, 0.2) is 11.5 Å². The Morgan fingerprint density at radius 2 is 1.43 bits per heavy atom. The highest BCUT2D eigenvalue weighted by atomic mass is 16.3. The van der Waals surface area contributed by atoms with E-state index in [-0.39, 0.29) is 11.5 Å². The van der Waals surface area contributed by atoms with Crippen LogP contribution in [0, 0.1) is 0 Å². The lowest BCUT2D eigenvalue weighted by molar-refractivity contribution is 0.368.